The average Bonchev–Trinajstić information content (AvgIpc) is 2.60. The smallest absolute Gasteiger partial charge is 0.238 e. The molecule has 1 aliphatic rings. The largest absolute Gasteiger partial charge is 0.506 e. The lowest BCUT2D eigenvalue weighted by Crippen LogP contribution is -2.47. The van der Waals surface area contributed by atoms with Gasteiger partial charge < -0.3 is 14.9 Å². The number of benzene rings is 2. The number of para-hydroxylation sites is 2. The van der Waals surface area contributed by atoms with Crippen molar-refractivity contribution < 1.29 is 21.9 Å². The van der Waals surface area contributed by atoms with E-state index in [2.05, 4.69) is 0 Å². The molecule has 146 valence electrons. The third-order valence-corrected chi connectivity index (χ3v) is 6.54. The van der Waals surface area contributed by atoms with Crippen molar-refractivity contribution in [2.45, 2.75) is 9.79 Å². The van der Waals surface area contributed by atoms with Crippen molar-refractivity contribution in [3.63, 3.8) is 0 Å². The molecule has 2 aromatic carbocycles. The van der Waals surface area contributed by atoms with Crippen LogP contribution in [0, 0.1) is 0 Å². The Bertz CT molecular complexity index is 1060. The Labute approximate surface area is 158 Å². The summed E-state index contributed by atoms with van der Waals surface area (Å²) in [6.45, 7) is 2.20. The van der Waals surface area contributed by atoms with Gasteiger partial charge in [0.05, 0.1) is 21.2 Å². The number of hydrogen-bond acceptors (Lipinski definition) is 7. The Balaban J connectivity index is 1.89. The summed E-state index contributed by atoms with van der Waals surface area (Å²) >= 11 is 0. The van der Waals surface area contributed by atoms with Crippen LogP contribution in [-0.2, 0) is 19.9 Å². The molecule has 0 saturated carbocycles. The maximum Gasteiger partial charge on any atom is 0.238 e. The van der Waals surface area contributed by atoms with Crippen molar-refractivity contribution in [2.24, 2.45) is 5.14 Å². The lowest BCUT2D eigenvalue weighted by molar-refractivity contribution is 0.472. The topological polar surface area (TPSA) is 121 Å². The summed E-state index contributed by atoms with van der Waals surface area (Å²) in [7, 11) is -7.65. The summed E-state index contributed by atoms with van der Waals surface area (Å²) in [6, 6.07) is 10.9. The SMILES string of the molecule is CS(=O)(=O)c1cc(S(N)(=O)=O)ccc1N1CCN(c2ccccc2O)CC1. The van der Waals surface area contributed by atoms with Gasteiger partial charge in [0, 0.05) is 32.4 Å². The molecule has 1 heterocycles. The van der Waals surface area contributed by atoms with Crippen LogP contribution in [0.3, 0.4) is 0 Å². The van der Waals surface area contributed by atoms with E-state index in [4.69, 9.17) is 5.14 Å². The fourth-order valence-electron chi connectivity index (χ4n) is 3.15. The van der Waals surface area contributed by atoms with Gasteiger partial charge in [0.15, 0.2) is 9.84 Å². The first-order valence-electron chi connectivity index (χ1n) is 8.22. The van der Waals surface area contributed by atoms with Crippen molar-refractivity contribution in [3.05, 3.63) is 42.5 Å². The lowest BCUT2D eigenvalue weighted by Gasteiger charge is -2.38. The van der Waals surface area contributed by atoms with E-state index in [0.29, 0.717) is 31.9 Å². The van der Waals surface area contributed by atoms with Gasteiger partial charge >= 0.3 is 0 Å². The second kappa shape index (κ2) is 7.02. The summed E-state index contributed by atoms with van der Waals surface area (Å²) in [6.07, 6.45) is 1.04. The number of sulfone groups is 1. The van der Waals surface area contributed by atoms with Crippen LogP contribution in [0.1, 0.15) is 0 Å². The van der Waals surface area contributed by atoms with E-state index in [1.165, 1.54) is 12.1 Å². The van der Waals surface area contributed by atoms with Crippen LogP contribution < -0.4 is 14.9 Å². The minimum absolute atomic E-state index is 0.0648. The highest BCUT2D eigenvalue weighted by atomic mass is 32.2. The van der Waals surface area contributed by atoms with Crippen LogP contribution in [0.4, 0.5) is 11.4 Å². The molecule has 0 amide bonds. The summed E-state index contributed by atoms with van der Waals surface area (Å²) in [5, 5.41) is 15.1. The zero-order valence-electron chi connectivity index (χ0n) is 14.7. The molecule has 0 aromatic heterocycles. The van der Waals surface area contributed by atoms with E-state index >= 15 is 0 Å². The first-order chi connectivity index (χ1) is 12.6. The van der Waals surface area contributed by atoms with E-state index < -0.39 is 19.9 Å². The average molecular weight is 412 g/mol. The molecule has 0 unspecified atom stereocenters. The van der Waals surface area contributed by atoms with Gasteiger partial charge in [-0.3, -0.25) is 0 Å². The van der Waals surface area contributed by atoms with Crippen molar-refractivity contribution in [2.75, 3.05) is 42.2 Å². The third-order valence-electron chi connectivity index (χ3n) is 4.50. The minimum Gasteiger partial charge on any atom is -0.506 e. The molecule has 10 heteroatoms. The Hall–Kier alpha value is -2.30. The highest BCUT2D eigenvalue weighted by Gasteiger charge is 2.25. The molecule has 0 aliphatic carbocycles. The van der Waals surface area contributed by atoms with E-state index in [-0.39, 0.29) is 15.5 Å². The monoisotopic (exact) mass is 411 g/mol. The van der Waals surface area contributed by atoms with Crippen LogP contribution in [0.2, 0.25) is 0 Å². The van der Waals surface area contributed by atoms with Gasteiger partial charge in [0.25, 0.3) is 0 Å². The maximum atomic E-state index is 12.2. The van der Waals surface area contributed by atoms with Crippen molar-refractivity contribution in [1.29, 1.82) is 0 Å². The quantitative estimate of drug-likeness (QED) is 0.762. The molecule has 0 spiro atoms. The lowest BCUT2D eigenvalue weighted by atomic mass is 10.2. The molecule has 1 aliphatic heterocycles. The van der Waals surface area contributed by atoms with Crippen molar-refractivity contribution in [3.8, 4) is 5.75 Å². The Kier molecular flexibility index (Phi) is 5.06. The Morgan fingerprint density at radius 2 is 1.44 bits per heavy atom. The second-order valence-electron chi connectivity index (χ2n) is 6.41. The molecular weight excluding hydrogens is 390 g/mol. The van der Waals surface area contributed by atoms with Gasteiger partial charge in [-0.1, -0.05) is 12.1 Å². The van der Waals surface area contributed by atoms with E-state index in [1.807, 2.05) is 21.9 Å². The molecule has 8 nitrogen and oxygen atoms in total. The van der Waals surface area contributed by atoms with Crippen LogP contribution in [0.25, 0.3) is 0 Å². The third kappa shape index (κ3) is 4.18. The Morgan fingerprint density at radius 3 is 1.96 bits per heavy atom. The summed E-state index contributed by atoms with van der Waals surface area (Å²) in [5.74, 6) is 0.195. The molecule has 1 saturated heterocycles. The van der Waals surface area contributed by atoms with Crippen molar-refractivity contribution >= 4 is 31.2 Å². The maximum absolute atomic E-state index is 12.2. The van der Waals surface area contributed by atoms with Gasteiger partial charge in [-0.15, -0.1) is 0 Å². The van der Waals surface area contributed by atoms with Gasteiger partial charge in [-0.2, -0.15) is 0 Å². The number of phenols is 1. The van der Waals surface area contributed by atoms with Gasteiger partial charge in [-0.05, 0) is 30.3 Å². The number of anilines is 2. The Morgan fingerprint density at radius 1 is 0.889 bits per heavy atom. The van der Waals surface area contributed by atoms with Gasteiger partial charge in [0.2, 0.25) is 10.0 Å². The predicted molar refractivity (Wildman–Crippen MR) is 103 cm³/mol. The molecular formula is C17H21N3O5S2. The number of primary sulfonamides is 1. The van der Waals surface area contributed by atoms with Crippen LogP contribution in [0.15, 0.2) is 52.3 Å². The number of nitrogens with two attached hydrogens (primary N) is 1. The van der Waals surface area contributed by atoms with E-state index in [9.17, 15) is 21.9 Å². The molecule has 3 rings (SSSR count). The number of sulfonamides is 1. The molecule has 1 fully saturated rings. The van der Waals surface area contributed by atoms with Crippen LogP contribution in [0.5, 0.6) is 5.75 Å². The number of nitrogens with zero attached hydrogens (tertiary/aromatic N) is 2. The summed E-state index contributed by atoms with van der Waals surface area (Å²) in [5.41, 5.74) is 1.17. The van der Waals surface area contributed by atoms with Gasteiger partial charge in [-0.25, -0.2) is 22.0 Å². The van der Waals surface area contributed by atoms with E-state index in [0.717, 1.165) is 18.0 Å². The normalized spacial score (nSPS) is 15.8. The molecule has 2 aromatic rings. The zero-order valence-corrected chi connectivity index (χ0v) is 16.4. The fourth-order valence-corrected chi connectivity index (χ4v) is 4.68. The molecule has 0 radical (unpaired) electrons. The number of hydrogen-bond donors (Lipinski definition) is 2. The molecule has 3 N–H and O–H groups in total. The van der Waals surface area contributed by atoms with Crippen LogP contribution in [-0.4, -0.2) is 54.4 Å². The predicted octanol–water partition coefficient (Wildman–Crippen LogP) is 0.770. The van der Waals surface area contributed by atoms with Crippen molar-refractivity contribution in [1.82, 2.24) is 0 Å². The number of piperazine rings is 1. The number of phenolic OH excluding ortho intramolecular Hbond substituents is 1. The molecule has 0 atom stereocenters. The van der Waals surface area contributed by atoms with Crippen LogP contribution >= 0.6 is 0 Å². The number of aromatic hydroxyl groups is 1. The van der Waals surface area contributed by atoms with E-state index in [1.54, 1.807) is 12.1 Å². The van der Waals surface area contributed by atoms with Gasteiger partial charge in [0.1, 0.15) is 5.75 Å². The molecule has 27 heavy (non-hydrogen) atoms. The highest BCUT2D eigenvalue weighted by molar-refractivity contribution is 7.91. The molecule has 0 bridgehead atoms. The summed E-state index contributed by atoms with van der Waals surface area (Å²) in [4.78, 5) is 3.61. The fraction of sp³-hybridized carbons (Fsp3) is 0.294. The first kappa shape index (κ1) is 19.5. The first-order valence-corrected chi connectivity index (χ1v) is 11.7. The minimum atomic E-state index is -4.00. The second-order valence-corrected chi connectivity index (χ2v) is 9.96. The number of rotatable bonds is 4. The summed E-state index contributed by atoms with van der Waals surface area (Å²) < 4.78 is 47.5. The highest BCUT2D eigenvalue weighted by Crippen LogP contribution is 2.31. The standard InChI is InChI=1S/C17H21N3O5S2/c1-26(22,23)17-12-13(27(18,24)25)6-7-15(17)20-10-8-19(9-11-20)14-4-2-3-5-16(14)21/h2-7,12,21H,8-11H2,1H3,(H2,18,24,25). The zero-order chi connectivity index (χ0) is 19.8.